The topological polar surface area (TPSA) is 80.0 Å². The van der Waals surface area contributed by atoms with Crippen molar-refractivity contribution in [3.63, 3.8) is 0 Å². The molecule has 1 aliphatic heterocycles. The minimum Gasteiger partial charge on any atom is -0.369 e. The Labute approximate surface area is 107 Å². The van der Waals surface area contributed by atoms with Crippen molar-refractivity contribution in [3.05, 3.63) is 23.9 Å². The number of rotatable bonds is 5. The van der Waals surface area contributed by atoms with Crippen LogP contribution in [0.3, 0.4) is 0 Å². The maximum atomic E-state index is 11.2. The molecule has 1 atom stereocenters. The van der Waals surface area contributed by atoms with Gasteiger partial charge in [0.15, 0.2) is 0 Å². The number of piperidine rings is 1. The van der Waals surface area contributed by atoms with Crippen molar-refractivity contribution in [2.24, 2.45) is 11.7 Å². The molecule has 1 aliphatic rings. The molecule has 0 radical (unpaired) electrons. The second-order valence-electron chi connectivity index (χ2n) is 4.69. The summed E-state index contributed by atoms with van der Waals surface area (Å²) in [5, 5.41) is 6.60. The lowest BCUT2D eigenvalue weighted by Gasteiger charge is -2.22. The number of nitrogens with zero attached hydrogens (tertiary/aromatic N) is 1. The highest BCUT2D eigenvalue weighted by Crippen LogP contribution is 2.15. The molecule has 1 aromatic rings. The number of aromatic nitrogens is 1. The van der Waals surface area contributed by atoms with E-state index in [4.69, 9.17) is 5.73 Å². The van der Waals surface area contributed by atoms with Gasteiger partial charge in [-0.15, -0.1) is 0 Å². The Kier molecular flexibility index (Phi) is 4.52. The number of carbonyl (C=O) groups is 1. The molecule has 18 heavy (non-hydrogen) atoms. The van der Waals surface area contributed by atoms with Crippen molar-refractivity contribution in [3.8, 4) is 0 Å². The van der Waals surface area contributed by atoms with Crippen LogP contribution >= 0.6 is 0 Å². The summed E-state index contributed by atoms with van der Waals surface area (Å²) in [6, 6.07) is 3.41. The molecule has 0 spiro atoms. The molecule has 5 heteroatoms. The van der Waals surface area contributed by atoms with Crippen molar-refractivity contribution in [1.29, 1.82) is 0 Å². The van der Waals surface area contributed by atoms with E-state index in [1.807, 2.05) is 0 Å². The van der Waals surface area contributed by atoms with Gasteiger partial charge in [-0.3, -0.25) is 4.79 Å². The van der Waals surface area contributed by atoms with Crippen LogP contribution in [0.2, 0.25) is 0 Å². The Morgan fingerprint density at radius 1 is 1.61 bits per heavy atom. The van der Waals surface area contributed by atoms with E-state index in [0.717, 1.165) is 26.1 Å². The second kappa shape index (κ2) is 6.35. The van der Waals surface area contributed by atoms with E-state index in [2.05, 4.69) is 15.6 Å². The van der Waals surface area contributed by atoms with E-state index in [9.17, 15) is 4.79 Å². The monoisotopic (exact) mass is 248 g/mol. The molecule has 1 aromatic heterocycles. The van der Waals surface area contributed by atoms with Gasteiger partial charge in [-0.05, 0) is 50.4 Å². The highest BCUT2D eigenvalue weighted by Gasteiger charge is 2.13. The molecule has 0 saturated carbocycles. The van der Waals surface area contributed by atoms with Crippen LogP contribution in [0.4, 0.5) is 5.82 Å². The first kappa shape index (κ1) is 12.8. The lowest BCUT2D eigenvalue weighted by Crippen LogP contribution is -2.30. The summed E-state index contributed by atoms with van der Waals surface area (Å²) >= 11 is 0. The number of carbonyl (C=O) groups excluding carboxylic acids is 1. The minimum absolute atomic E-state index is 0.440. The molecule has 4 N–H and O–H groups in total. The molecule has 1 amide bonds. The molecule has 1 fully saturated rings. The van der Waals surface area contributed by atoms with E-state index >= 15 is 0 Å². The number of anilines is 1. The van der Waals surface area contributed by atoms with E-state index in [-0.39, 0.29) is 0 Å². The molecule has 0 bridgehead atoms. The molecule has 1 saturated heterocycles. The molecule has 1 unspecified atom stereocenters. The summed E-state index contributed by atoms with van der Waals surface area (Å²) in [7, 11) is 0. The predicted molar refractivity (Wildman–Crippen MR) is 71.5 cm³/mol. The van der Waals surface area contributed by atoms with Crippen molar-refractivity contribution >= 4 is 11.7 Å². The standard InChI is InChI=1S/C13H20N4O/c14-12(18)11-4-2-7-16-13(11)17-8-5-10-3-1-6-15-9-10/h2,4,7,10,15H,1,3,5-6,8-9H2,(H2,14,18)(H,16,17). The number of hydrogen-bond donors (Lipinski definition) is 3. The predicted octanol–water partition coefficient (Wildman–Crippen LogP) is 0.982. The van der Waals surface area contributed by atoms with Crippen molar-refractivity contribution < 1.29 is 4.79 Å². The van der Waals surface area contributed by atoms with Crippen LogP contribution in [0, 0.1) is 5.92 Å². The third kappa shape index (κ3) is 3.43. The van der Waals surface area contributed by atoms with E-state index in [0.29, 0.717) is 17.3 Å². The first-order valence-corrected chi connectivity index (χ1v) is 6.47. The minimum atomic E-state index is -0.440. The Morgan fingerprint density at radius 3 is 3.22 bits per heavy atom. The molecule has 5 nitrogen and oxygen atoms in total. The van der Waals surface area contributed by atoms with Crippen molar-refractivity contribution in [1.82, 2.24) is 10.3 Å². The number of hydrogen-bond acceptors (Lipinski definition) is 4. The molecular weight excluding hydrogens is 228 g/mol. The zero-order valence-electron chi connectivity index (χ0n) is 10.5. The Balaban J connectivity index is 1.84. The van der Waals surface area contributed by atoms with Crippen molar-refractivity contribution in [2.45, 2.75) is 19.3 Å². The SMILES string of the molecule is NC(=O)c1cccnc1NCCC1CCCNC1. The van der Waals surface area contributed by atoms with Crippen molar-refractivity contribution in [2.75, 3.05) is 25.0 Å². The van der Waals surface area contributed by atoms with Gasteiger partial charge in [0.2, 0.25) is 0 Å². The van der Waals surface area contributed by atoms with Gasteiger partial charge in [0, 0.05) is 12.7 Å². The Morgan fingerprint density at radius 2 is 2.50 bits per heavy atom. The van der Waals surface area contributed by atoms with Gasteiger partial charge in [0.25, 0.3) is 5.91 Å². The fourth-order valence-electron chi connectivity index (χ4n) is 2.31. The molecule has 0 aromatic carbocycles. The van der Waals surface area contributed by atoms with Gasteiger partial charge in [-0.25, -0.2) is 4.98 Å². The van der Waals surface area contributed by atoms with Gasteiger partial charge in [0.1, 0.15) is 5.82 Å². The number of primary amides is 1. The molecule has 2 heterocycles. The van der Waals surface area contributed by atoms with Gasteiger partial charge in [0.05, 0.1) is 5.56 Å². The van der Waals surface area contributed by atoms with Gasteiger partial charge >= 0.3 is 0 Å². The van der Waals surface area contributed by atoms with Gasteiger partial charge < -0.3 is 16.4 Å². The fourth-order valence-corrected chi connectivity index (χ4v) is 2.31. The lowest BCUT2D eigenvalue weighted by atomic mass is 9.96. The zero-order valence-corrected chi connectivity index (χ0v) is 10.5. The fraction of sp³-hybridized carbons (Fsp3) is 0.538. The maximum absolute atomic E-state index is 11.2. The summed E-state index contributed by atoms with van der Waals surface area (Å²) in [6.45, 7) is 3.05. The molecular formula is C13H20N4O. The molecule has 0 aliphatic carbocycles. The van der Waals surface area contributed by atoms with Crippen LogP contribution in [0.1, 0.15) is 29.6 Å². The van der Waals surface area contributed by atoms with Crippen LogP contribution in [0.25, 0.3) is 0 Å². The Bertz CT molecular complexity index is 402. The summed E-state index contributed by atoms with van der Waals surface area (Å²) in [6.07, 6.45) is 5.28. The number of nitrogens with one attached hydrogen (secondary N) is 2. The van der Waals surface area contributed by atoms with E-state index in [1.54, 1.807) is 18.3 Å². The lowest BCUT2D eigenvalue weighted by molar-refractivity contribution is 0.100. The second-order valence-corrected chi connectivity index (χ2v) is 4.69. The smallest absolute Gasteiger partial charge is 0.252 e. The first-order valence-electron chi connectivity index (χ1n) is 6.47. The maximum Gasteiger partial charge on any atom is 0.252 e. The van der Waals surface area contributed by atoms with Crippen LogP contribution in [0.15, 0.2) is 18.3 Å². The van der Waals surface area contributed by atoms with Crippen LogP contribution < -0.4 is 16.4 Å². The van der Waals surface area contributed by atoms with Gasteiger partial charge in [-0.1, -0.05) is 0 Å². The highest BCUT2D eigenvalue weighted by molar-refractivity contribution is 5.97. The summed E-state index contributed by atoms with van der Waals surface area (Å²) in [5.41, 5.74) is 5.76. The Hall–Kier alpha value is -1.62. The first-order chi connectivity index (χ1) is 8.77. The average Bonchev–Trinajstić information content (AvgIpc) is 2.40. The molecule has 98 valence electrons. The van der Waals surface area contributed by atoms with E-state index in [1.165, 1.54) is 12.8 Å². The van der Waals surface area contributed by atoms with E-state index < -0.39 is 5.91 Å². The normalized spacial score (nSPS) is 19.4. The van der Waals surface area contributed by atoms with Crippen LogP contribution in [0.5, 0.6) is 0 Å². The largest absolute Gasteiger partial charge is 0.369 e. The number of nitrogens with two attached hydrogens (primary N) is 1. The van der Waals surface area contributed by atoms with Crippen LogP contribution in [-0.4, -0.2) is 30.5 Å². The highest BCUT2D eigenvalue weighted by atomic mass is 16.1. The summed E-state index contributed by atoms with van der Waals surface area (Å²) in [5.74, 6) is 0.866. The number of pyridine rings is 1. The third-order valence-electron chi connectivity index (χ3n) is 3.32. The average molecular weight is 248 g/mol. The number of amides is 1. The van der Waals surface area contributed by atoms with Gasteiger partial charge in [-0.2, -0.15) is 0 Å². The van der Waals surface area contributed by atoms with Crippen LogP contribution in [-0.2, 0) is 0 Å². The quantitative estimate of drug-likeness (QED) is 0.725. The molecule has 2 rings (SSSR count). The summed E-state index contributed by atoms with van der Waals surface area (Å²) in [4.78, 5) is 15.4. The zero-order chi connectivity index (χ0) is 12.8. The summed E-state index contributed by atoms with van der Waals surface area (Å²) < 4.78 is 0. The third-order valence-corrected chi connectivity index (χ3v) is 3.32.